The van der Waals surface area contributed by atoms with Crippen LogP contribution in [0.2, 0.25) is 0 Å². The first-order valence-electron chi connectivity index (χ1n) is 10.5. The van der Waals surface area contributed by atoms with Crippen LogP contribution in [0.3, 0.4) is 0 Å². The van der Waals surface area contributed by atoms with E-state index in [2.05, 4.69) is 0 Å². The third-order valence-electron chi connectivity index (χ3n) is 7.27. The molecule has 3 aliphatic rings. The smallest absolute Gasteiger partial charge is 0.357 e. The zero-order chi connectivity index (χ0) is 20.0. The van der Waals surface area contributed by atoms with Crippen molar-refractivity contribution in [2.45, 2.75) is 50.0 Å². The van der Waals surface area contributed by atoms with E-state index in [0.29, 0.717) is 29.9 Å². The van der Waals surface area contributed by atoms with Gasteiger partial charge in [0.1, 0.15) is 5.75 Å². The summed E-state index contributed by atoms with van der Waals surface area (Å²) < 4.78 is 0. The van der Waals surface area contributed by atoms with E-state index >= 15 is 0 Å². The van der Waals surface area contributed by atoms with Crippen LogP contribution in [0.25, 0.3) is 0 Å². The molecular weight excluding hydrogens is 366 g/mol. The van der Waals surface area contributed by atoms with Gasteiger partial charge in [-0.3, -0.25) is 4.79 Å². The van der Waals surface area contributed by atoms with E-state index in [4.69, 9.17) is 4.84 Å². The number of benzene rings is 2. The van der Waals surface area contributed by atoms with Crippen LogP contribution in [0.15, 0.2) is 42.5 Å². The lowest BCUT2D eigenvalue weighted by molar-refractivity contribution is -0.190. The van der Waals surface area contributed by atoms with Crippen molar-refractivity contribution in [1.82, 2.24) is 5.06 Å². The van der Waals surface area contributed by atoms with Crippen LogP contribution in [0, 0.1) is 5.92 Å². The van der Waals surface area contributed by atoms with Crippen molar-refractivity contribution in [2.24, 2.45) is 5.92 Å². The summed E-state index contributed by atoms with van der Waals surface area (Å²) in [7, 11) is 0. The van der Waals surface area contributed by atoms with Gasteiger partial charge in [-0.25, -0.2) is 4.79 Å². The zero-order valence-corrected chi connectivity index (χ0v) is 16.3. The van der Waals surface area contributed by atoms with E-state index in [1.54, 1.807) is 12.1 Å². The van der Waals surface area contributed by atoms with Crippen LogP contribution in [0.4, 0.5) is 0 Å². The SMILES string of the molecule is O=Cc1cc2c(cc1O)[C@]13CCCCC1[C@H](C2)N(OC(=O)c1ccccc1)CC3. The number of rotatable bonds is 3. The maximum Gasteiger partial charge on any atom is 0.357 e. The topological polar surface area (TPSA) is 66.8 Å². The van der Waals surface area contributed by atoms with E-state index in [9.17, 15) is 14.7 Å². The average molecular weight is 391 g/mol. The molecule has 5 rings (SSSR count). The lowest BCUT2D eigenvalue weighted by atomic mass is 9.52. The Kier molecular flexibility index (Phi) is 4.43. The zero-order valence-electron chi connectivity index (χ0n) is 16.3. The molecule has 0 amide bonds. The number of aromatic hydroxyl groups is 1. The maximum atomic E-state index is 12.7. The Balaban J connectivity index is 1.51. The molecule has 3 atom stereocenters. The first-order valence-corrected chi connectivity index (χ1v) is 10.5. The van der Waals surface area contributed by atoms with E-state index in [1.807, 2.05) is 35.4 Å². The van der Waals surface area contributed by atoms with Crippen LogP contribution in [0.1, 0.15) is 63.9 Å². The molecule has 2 fully saturated rings. The fraction of sp³-hybridized carbons (Fsp3) is 0.417. The van der Waals surface area contributed by atoms with Gasteiger partial charge in [-0.15, -0.1) is 5.06 Å². The van der Waals surface area contributed by atoms with Gasteiger partial charge in [0.25, 0.3) is 0 Å². The predicted octanol–water partition coefficient (Wildman–Crippen LogP) is 4.04. The third-order valence-corrected chi connectivity index (χ3v) is 7.27. The number of aldehydes is 1. The largest absolute Gasteiger partial charge is 0.507 e. The van der Waals surface area contributed by atoms with Crippen molar-refractivity contribution >= 4 is 12.3 Å². The van der Waals surface area contributed by atoms with Crippen LogP contribution in [-0.4, -0.2) is 35.0 Å². The molecule has 5 heteroatoms. The summed E-state index contributed by atoms with van der Waals surface area (Å²) in [5.41, 5.74) is 3.20. The number of carbonyl (C=O) groups is 2. The highest BCUT2D eigenvalue weighted by molar-refractivity contribution is 5.89. The molecule has 0 spiro atoms. The minimum absolute atomic E-state index is 0.00501. The highest BCUT2D eigenvalue weighted by atomic mass is 16.7. The molecule has 1 saturated heterocycles. The first-order chi connectivity index (χ1) is 14.1. The molecule has 1 saturated carbocycles. The van der Waals surface area contributed by atoms with Crippen molar-refractivity contribution in [3.8, 4) is 5.75 Å². The van der Waals surface area contributed by atoms with Crippen molar-refractivity contribution in [3.63, 3.8) is 0 Å². The Morgan fingerprint density at radius 2 is 2.00 bits per heavy atom. The Labute approximate surface area is 170 Å². The summed E-state index contributed by atoms with van der Waals surface area (Å²) in [5.74, 6) is 0.149. The number of nitrogens with zero attached hydrogens (tertiary/aromatic N) is 1. The van der Waals surface area contributed by atoms with Gasteiger partial charge in [-0.2, -0.15) is 0 Å². The number of hydrogen-bond acceptors (Lipinski definition) is 5. The minimum Gasteiger partial charge on any atom is -0.507 e. The number of fused-ring (bicyclic) bond motifs is 1. The molecule has 29 heavy (non-hydrogen) atoms. The normalized spacial score (nSPS) is 28.1. The highest BCUT2D eigenvalue weighted by Gasteiger charge is 2.55. The van der Waals surface area contributed by atoms with E-state index in [0.717, 1.165) is 31.2 Å². The second-order valence-corrected chi connectivity index (χ2v) is 8.60. The van der Waals surface area contributed by atoms with Gasteiger partial charge in [0, 0.05) is 12.0 Å². The van der Waals surface area contributed by atoms with Gasteiger partial charge in [0.05, 0.1) is 17.2 Å². The Hall–Kier alpha value is -2.66. The Morgan fingerprint density at radius 1 is 1.17 bits per heavy atom. The molecule has 5 nitrogen and oxygen atoms in total. The molecule has 0 aromatic heterocycles. The number of phenols is 1. The molecule has 2 aromatic rings. The first kappa shape index (κ1) is 18.4. The van der Waals surface area contributed by atoms with Crippen molar-refractivity contribution in [2.75, 3.05) is 6.54 Å². The maximum absolute atomic E-state index is 12.7. The van der Waals surface area contributed by atoms with Crippen molar-refractivity contribution in [1.29, 1.82) is 0 Å². The second-order valence-electron chi connectivity index (χ2n) is 8.60. The van der Waals surface area contributed by atoms with Gasteiger partial charge in [0.15, 0.2) is 6.29 Å². The number of carbonyl (C=O) groups excluding carboxylic acids is 2. The van der Waals surface area contributed by atoms with Crippen molar-refractivity contribution < 1.29 is 19.5 Å². The third kappa shape index (κ3) is 2.87. The summed E-state index contributed by atoms with van der Waals surface area (Å²) in [6, 6.07) is 12.9. The van der Waals surface area contributed by atoms with Crippen LogP contribution in [-0.2, 0) is 16.7 Å². The highest BCUT2D eigenvalue weighted by Crippen LogP contribution is 2.56. The Morgan fingerprint density at radius 3 is 2.79 bits per heavy atom. The van der Waals surface area contributed by atoms with Crippen LogP contribution >= 0.6 is 0 Å². The summed E-state index contributed by atoms with van der Waals surface area (Å²) in [6.45, 7) is 0.690. The lowest BCUT2D eigenvalue weighted by Crippen LogP contribution is -2.61. The molecular formula is C24H25NO4. The molecule has 1 heterocycles. The van der Waals surface area contributed by atoms with Crippen LogP contribution in [0.5, 0.6) is 5.75 Å². The molecule has 1 N–H and O–H groups in total. The van der Waals surface area contributed by atoms with Crippen LogP contribution < -0.4 is 0 Å². The molecule has 2 aromatic carbocycles. The summed E-state index contributed by atoms with van der Waals surface area (Å²) >= 11 is 0. The second kappa shape index (κ2) is 6.99. The number of hydroxylamine groups is 2. The fourth-order valence-corrected chi connectivity index (χ4v) is 5.98. The average Bonchev–Trinajstić information content (AvgIpc) is 2.76. The summed E-state index contributed by atoms with van der Waals surface area (Å²) in [6.07, 6.45) is 6.86. The molecule has 1 aliphatic heterocycles. The fourth-order valence-electron chi connectivity index (χ4n) is 5.98. The summed E-state index contributed by atoms with van der Waals surface area (Å²) in [4.78, 5) is 29.9. The van der Waals surface area contributed by atoms with Gasteiger partial charge >= 0.3 is 5.97 Å². The lowest BCUT2D eigenvalue weighted by Gasteiger charge is -2.58. The summed E-state index contributed by atoms with van der Waals surface area (Å²) in [5, 5.41) is 12.2. The Bertz CT molecular complexity index is 957. The van der Waals surface area contributed by atoms with E-state index < -0.39 is 0 Å². The number of phenolic OH excluding ortho intramolecular Hbond substituents is 1. The molecule has 1 unspecified atom stereocenters. The molecule has 150 valence electrons. The molecule has 2 aliphatic carbocycles. The van der Waals surface area contributed by atoms with E-state index in [-0.39, 0.29) is 23.2 Å². The number of piperidine rings is 1. The number of hydrogen-bond donors (Lipinski definition) is 1. The van der Waals surface area contributed by atoms with Gasteiger partial charge in [-0.1, -0.05) is 31.0 Å². The van der Waals surface area contributed by atoms with E-state index in [1.165, 1.54) is 18.4 Å². The van der Waals surface area contributed by atoms with Gasteiger partial charge in [-0.05, 0) is 67.0 Å². The van der Waals surface area contributed by atoms with Gasteiger partial charge < -0.3 is 9.94 Å². The minimum atomic E-state index is -0.320. The van der Waals surface area contributed by atoms with Gasteiger partial charge in [0.2, 0.25) is 0 Å². The predicted molar refractivity (Wildman–Crippen MR) is 108 cm³/mol. The quantitative estimate of drug-likeness (QED) is 0.800. The molecule has 0 radical (unpaired) electrons. The monoisotopic (exact) mass is 391 g/mol. The standard InChI is InChI=1S/C24H25NO4/c26-15-18-12-17-13-21-19-8-4-5-9-24(19,20(17)14-22(18)27)10-11-25(21)29-23(28)16-6-2-1-3-7-16/h1-3,6-7,12,14-15,19,21,27H,4-5,8-11,13H2/t19?,21-,24-/m0/s1. The molecule has 2 bridgehead atoms. The van der Waals surface area contributed by atoms with Crippen molar-refractivity contribution in [3.05, 3.63) is 64.7 Å².